The Kier molecular flexibility index (Phi) is 7.64. The summed E-state index contributed by atoms with van der Waals surface area (Å²) in [5, 5.41) is 2.72. The van der Waals surface area contributed by atoms with E-state index >= 15 is 0 Å². The molecule has 0 spiro atoms. The lowest BCUT2D eigenvalue weighted by molar-refractivity contribution is -0.118. The molecule has 26 heavy (non-hydrogen) atoms. The van der Waals surface area contributed by atoms with Crippen molar-refractivity contribution in [1.82, 2.24) is 0 Å². The van der Waals surface area contributed by atoms with Crippen LogP contribution in [-0.2, 0) is 20.7 Å². The van der Waals surface area contributed by atoms with Crippen molar-refractivity contribution in [2.45, 2.75) is 13.3 Å². The van der Waals surface area contributed by atoms with Crippen molar-refractivity contribution in [3.63, 3.8) is 0 Å². The molecule has 6 heteroatoms. The zero-order chi connectivity index (χ0) is 18.8. The second-order valence-corrected chi connectivity index (χ2v) is 5.54. The lowest BCUT2D eigenvalue weighted by Gasteiger charge is -2.09. The number of aryl methyl sites for hydroxylation is 1. The minimum Gasteiger partial charge on any atom is -0.484 e. The van der Waals surface area contributed by atoms with E-state index in [1.54, 1.807) is 24.3 Å². The van der Waals surface area contributed by atoms with Gasteiger partial charge in [-0.3, -0.25) is 4.79 Å². The van der Waals surface area contributed by atoms with Crippen LogP contribution in [-0.4, -0.2) is 38.8 Å². The second kappa shape index (κ2) is 10.2. The lowest BCUT2D eigenvalue weighted by Crippen LogP contribution is -2.20. The van der Waals surface area contributed by atoms with Gasteiger partial charge in [0.25, 0.3) is 5.91 Å². The maximum absolute atomic E-state index is 12.0. The van der Waals surface area contributed by atoms with E-state index in [0.29, 0.717) is 23.6 Å². The summed E-state index contributed by atoms with van der Waals surface area (Å²) in [5.74, 6) is -0.0646. The van der Waals surface area contributed by atoms with Crippen LogP contribution in [0, 0.1) is 0 Å². The van der Waals surface area contributed by atoms with E-state index in [1.165, 1.54) is 12.7 Å². The summed E-state index contributed by atoms with van der Waals surface area (Å²) < 4.78 is 15.3. The summed E-state index contributed by atoms with van der Waals surface area (Å²) >= 11 is 0. The minimum absolute atomic E-state index is 0.0910. The molecule has 0 saturated carbocycles. The summed E-state index contributed by atoms with van der Waals surface area (Å²) in [4.78, 5) is 23.7. The molecular weight excluding hydrogens is 334 g/mol. The maximum Gasteiger partial charge on any atom is 0.338 e. The Morgan fingerprint density at radius 1 is 0.962 bits per heavy atom. The fourth-order valence-electron chi connectivity index (χ4n) is 2.16. The number of hydrogen-bond acceptors (Lipinski definition) is 5. The van der Waals surface area contributed by atoms with Crippen molar-refractivity contribution in [3.8, 4) is 5.75 Å². The molecule has 0 bridgehead atoms. The fourth-order valence-corrected chi connectivity index (χ4v) is 2.16. The number of carbonyl (C=O) groups is 2. The molecule has 0 aliphatic rings. The molecule has 0 aromatic heterocycles. The SMILES string of the molecule is CCc1ccc(OCC(=O)Nc2ccc(C(=O)OCCOC)cc2)cc1. The first kappa shape index (κ1) is 19.5. The molecule has 2 rings (SSSR count). The van der Waals surface area contributed by atoms with Crippen LogP contribution in [0.2, 0.25) is 0 Å². The summed E-state index contributed by atoms with van der Waals surface area (Å²) in [6, 6.07) is 14.1. The molecule has 1 N–H and O–H groups in total. The summed E-state index contributed by atoms with van der Waals surface area (Å²) in [7, 11) is 1.54. The number of benzene rings is 2. The number of anilines is 1. The number of hydrogen-bond donors (Lipinski definition) is 1. The predicted octanol–water partition coefficient (Wildman–Crippen LogP) is 3.07. The van der Waals surface area contributed by atoms with E-state index in [9.17, 15) is 9.59 Å². The van der Waals surface area contributed by atoms with E-state index in [4.69, 9.17) is 14.2 Å². The summed E-state index contributed by atoms with van der Waals surface area (Å²) in [5.41, 5.74) is 2.20. The molecule has 0 atom stereocenters. The van der Waals surface area contributed by atoms with Crippen molar-refractivity contribution < 1.29 is 23.8 Å². The number of rotatable bonds is 9. The van der Waals surface area contributed by atoms with Crippen molar-refractivity contribution in [1.29, 1.82) is 0 Å². The van der Waals surface area contributed by atoms with Crippen molar-refractivity contribution in [2.24, 2.45) is 0 Å². The monoisotopic (exact) mass is 357 g/mol. The third-order valence-electron chi connectivity index (χ3n) is 3.63. The molecule has 1 amide bonds. The Balaban J connectivity index is 1.80. The largest absolute Gasteiger partial charge is 0.484 e. The molecule has 0 aliphatic heterocycles. The van der Waals surface area contributed by atoms with Crippen molar-refractivity contribution in [2.75, 3.05) is 32.2 Å². The number of carbonyl (C=O) groups excluding carboxylic acids is 2. The summed E-state index contributed by atoms with van der Waals surface area (Å²) in [6.07, 6.45) is 0.955. The molecule has 0 unspecified atom stereocenters. The molecule has 138 valence electrons. The Morgan fingerprint density at radius 2 is 1.65 bits per heavy atom. The average Bonchev–Trinajstić information content (AvgIpc) is 2.67. The van der Waals surface area contributed by atoms with Gasteiger partial charge in [-0.25, -0.2) is 4.79 Å². The summed E-state index contributed by atoms with van der Waals surface area (Å²) in [6.45, 7) is 2.53. The molecule has 0 heterocycles. The highest BCUT2D eigenvalue weighted by atomic mass is 16.6. The van der Waals surface area contributed by atoms with Gasteiger partial charge in [0.2, 0.25) is 0 Å². The van der Waals surface area contributed by atoms with Crippen LogP contribution < -0.4 is 10.1 Å². The van der Waals surface area contributed by atoms with Gasteiger partial charge in [0, 0.05) is 12.8 Å². The number of amides is 1. The lowest BCUT2D eigenvalue weighted by atomic mass is 10.2. The first-order valence-electron chi connectivity index (χ1n) is 8.40. The highest BCUT2D eigenvalue weighted by Crippen LogP contribution is 2.13. The first-order chi connectivity index (χ1) is 12.6. The standard InChI is InChI=1S/C20H23NO5/c1-3-15-4-10-18(11-5-15)26-14-19(22)21-17-8-6-16(7-9-17)20(23)25-13-12-24-2/h4-11H,3,12-14H2,1-2H3,(H,21,22). The predicted molar refractivity (Wildman–Crippen MR) is 98.5 cm³/mol. The van der Waals surface area contributed by atoms with Crippen LogP contribution in [0.3, 0.4) is 0 Å². The molecule has 2 aromatic carbocycles. The highest BCUT2D eigenvalue weighted by Gasteiger charge is 2.08. The van der Waals surface area contributed by atoms with E-state index in [-0.39, 0.29) is 19.1 Å². The quantitative estimate of drug-likeness (QED) is 0.551. The molecule has 2 aromatic rings. The normalized spacial score (nSPS) is 10.2. The molecular formula is C20H23NO5. The topological polar surface area (TPSA) is 73.9 Å². The Labute approximate surface area is 153 Å². The number of esters is 1. The van der Waals surface area contributed by atoms with Crippen LogP contribution in [0.25, 0.3) is 0 Å². The average molecular weight is 357 g/mol. The molecule has 0 radical (unpaired) electrons. The van der Waals surface area contributed by atoms with Gasteiger partial charge in [0.15, 0.2) is 6.61 Å². The minimum atomic E-state index is -0.432. The molecule has 0 saturated heterocycles. The van der Waals surface area contributed by atoms with E-state index in [0.717, 1.165) is 6.42 Å². The zero-order valence-corrected chi connectivity index (χ0v) is 15.0. The smallest absolute Gasteiger partial charge is 0.338 e. The van der Waals surface area contributed by atoms with Crippen molar-refractivity contribution >= 4 is 17.6 Å². The third-order valence-corrected chi connectivity index (χ3v) is 3.63. The van der Waals surface area contributed by atoms with Gasteiger partial charge in [0.1, 0.15) is 12.4 Å². The Morgan fingerprint density at radius 3 is 2.27 bits per heavy atom. The van der Waals surface area contributed by atoms with Gasteiger partial charge in [-0.1, -0.05) is 19.1 Å². The van der Waals surface area contributed by atoms with Crippen LogP contribution in [0.15, 0.2) is 48.5 Å². The molecule has 0 aliphatic carbocycles. The van der Waals surface area contributed by atoms with Gasteiger partial charge in [-0.15, -0.1) is 0 Å². The van der Waals surface area contributed by atoms with Gasteiger partial charge in [-0.05, 0) is 48.4 Å². The van der Waals surface area contributed by atoms with Crippen LogP contribution in [0.5, 0.6) is 5.75 Å². The third kappa shape index (κ3) is 6.22. The van der Waals surface area contributed by atoms with E-state index < -0.39 is 5.97 Å². The van der Waals surface area contributed by atoms with E-state index in [1.807, 2.05) is 24.3 Å². The Hall–Kier alpha value is -2.86. The van der Waals surface area contributed by atoms with Crippen LogP contribution in [0.4, 0.5) is 5.69 Å². The van der Waals surface area contributed by atoms with E-state index in [2.05, 4.69) is 12.2 Å². The number of ether oxygens (including phenoxy) is 3. The second-order valence-electron chi connectivity index (χ2n) is 5.54. The fraction of sp³-hybridized carbons (Fsp3) is 0.300. The zero-order valence-electron chi connectivity index (χ0n) is 15.0. The molecule has 6 nitrogen and oxygen atoms in total. The number of nitrogens with one attached hydrogen (secondary N) is 1. The van der Waals surface area contributed by atoms with Gasteiger partial charge < -0.3 is 19.5 Å². The molecule has 0 fully saturated rings. The van der Waals surface area contributed by atoms with Crippen molar-refractivity contribution in [3.05, 3.63) is 59.7 Å². The first-order valence-corrected chi connectivity index (χ1v) is 8.40. The van der Waals surface area contributed by atoms with Crippen LogP contribution in [0.1, 0.15) is 22.8 Å². The van der Waals surface area contributed by atoms with Gasteiger partial charge in [0.05, 0.1) is 12.2 Å². The Bertz CT molecular complexity index is 710. The maximum atomic E-state index is 12.0. The van der Waals surface area contributed by atoms with Gasteiger partial charge in [-0.2, -0.15) is 0 Å². The highest BCUT2D eigenvalue weighted by molar-refractivity contribution is 5.93. The number of methoxy groups -OCH3 is 1. The van der Waals surface area contributed by atoms with Crippen LogP contribution >= 0.6 is 0 Å². The van der Waals surface area contributed by atoms with Gasteiger partial charge >= 0.3 is 5.97 Å².